The summed E-state index contributed by atoms with van der Waals surface area (Å²) < 4.78 is 12.2. The molecule has 0 unspecified atom stereocenters. The quantitative estimate of drug-likeness (QED) is 0.785. The molecule has 1 heterocycles. The highest BCUT2D eigenvalue weighted by atomic mass is 32.2. The molecule has 0 aliphatic rings. The second-order valence-corrected chi connectivity index (χ2v) is 6.39. The van der Waals surface area contributed by atoms with Gasteiger partial charge in [-0.1, -0.05) is 18.2 Å². The first kappa shape index (κ1) is 16.8. The zero-order valence-electron chi connectivity index (χ0n) is 12.3. The Labute approximate surface area is 136 Å². The largest absolute Gasteiger partial charge is 0.368 e. The summed E-state index contributed by atoms with van der Waals surface area (Å²) in [4.78, 5) is 28.1. The summed E-state index contributed by atoms with van der Waals surface area (Å²) in [5.41, 5.74) is 5.66. The second-order valence-electron chi connectivity index (χ2n) is 4.82. The van der Waals surface area contributed by atoms with E-state index in [1.54, 1.807) is 42.6 Å². The molecule has 1 aromatic heterocycles. The Balaban J connectivity index is 1.96. The van der Waals surface area contributed by atoms with Crippen molar-refractivity contribution in [3.8, 4) is 0 Å². The standard InChI is InChI=1S/C16H17N3O3S/c17-15(20)14(19-16(21)12-5-4-9-18-11-12)8-10-23(22)13-6-2-1-3-7-13/h1-7,9,11,14H,8,10H2,(H2,17,20)(H,19,21)/t14-,23-/m1/s1. The zero-order valence-corrected chi connectivity index (χ0v) is 13.2. The van der Waals surface area contributed by atoms with Crippen molar-refractivity contribution >= 4 is 22.6 Å². The van der Waals surface area contributed by atoms with Gasteiger partial charge in [0.1, 0.15) is 6.04 Å². The highest BCUT2D eigenvalue weighted by Gasteiger charge is 2.20. The number of aromatic nitrogens is 1. The number of hydrogen-bond donors (Lipinski definition) is 2. The number of nitrogens with two attached hydrogens (primary N) is 1. The maximum absolute atomic E-state index is 12.2. The summed E-state index contributed by atoms with van der Waals surface area (Å²) in [6.07, 6.45) is 3.14. The molecule has 0 radical (unpaired) electrons. The van der Waals surface area contributed by atoms with Gasteiger partial charge in [0.05, 0.1) is 16.4 Å². The molecule has 2 rings (SSSR count). The summed E-state index contributed by atoms with van der Waals surface area (Å²) in [5.74, 6) is -0.870. The van der Waals surface area contributed by atoms with Gasteiger partial charge < -0.3 is 11.1 Å². The lowest BCUT2D eigenvalue weighted by atomic mass is 10.2. The average Bonchev–Trinajstić information content (AvgIpc) is 2.59. The topological polar surface area (TPSA) is 102 Å². The molecule has 7 heteroatoms. The van der Waals surface area contributed by atoms with Crippen LogP contribution < -0.4 is 11.1 Å². The number of primary amides is 1. The van der Waals surface area contributed by atoms with Gasteiger partial charge in [-0.3, -0.25) is 18.8 Å². The molecule has 0 spiro atoms. The number of amides is 2. The number of nitrogens with zero attached hydrogens (tertiary/aromatic N) is 1. The van der Waals surface area contributed by atoms with Crippen LogP contribution in [0.15, 0.2) is 59.8 Å². The molecular weight excluding hydrogens is 314 g/mol. The van der Waals surface area contributed by atoms with Crippen LogP contribution in [-0.4, -0.2) is 32.8 Å². The molecule has 0 fully saturated rings. The summed E-state index contributed by atoms with van der Waals surface area (Å²) in [6, 6.07) is 11.3. The van der Waals surface area contributed by atoms with Gasteiger partial charge in [0, 0.05) is 23.0 Å². The SMILES string of the molecule is NC(=O)[C@@H](CC[S@@](=O)c1ccccc1)NC(=O)c1cccnc1. The number of carbonyl (C=O) groups excluding carboxylic acids is 2. The Morgan fingerprint density at radius 2 is 1.91 bits per heavy atom. The van der Waals surface area contributed by atoms with Gasteiger partial charge in [0.15, 0.2) is 0 Å². The van der Waals surface area contributed by atoms with E-state index in [1.165, 1.54) is 6.20 Å². The van der Waals surface area contributed by atoms with Crippen LogP contribution in [0.1, 0.15) is 16.8 Å². The molecule has 0 aliphatic carbocycles. The van der Waals surface area contributed by atoms with Gasteiger partial charge in [-0.05, 0) is 30.7 Å². The molecule has 2 amide bonds. The van der Waals surface area contributed by atoms with E-state index in [9.17, 15) is 13.8 Å². The van der Waals surface area contributed by atoms with E-state index in [1.807, 2.05) is 6.07 Å². The third-order valence-electron chi connectivity index (χ3n) is 3.17. The first-order valence-electron chi connectivity index (χ1n) is 7.01. The monoisotopic (exact) mass is 331 g/mol. The summed E-state index contributed by atoms with van der Waals surface area (Å²) >= 11 is 0. The van der Waals surface area contributed by atoms with Crippen LogP contribution in [0.4, 0.5) is 0 Å². The van der Waals surface area contributed by atoms with Crippen LogP contribution in [-0.2, 0) is 15.6 Å². The predicted molar refractivity (Wildman–Crippen MR) is 87.0 cm³/mol. The average molecular weight is 331 g/mol. The van der Waals surface area contributed by atoms with E-state index in [2.05, 4.69) is 10.3 Å². The number of hydrogen-bond acceptors (Lipinski definition) is 4. The minimum atomic E-state index is -1.25. The number of nitrogens with one attached hydrogen (secondary N) is 1. The van der Waals surface area contributed by atoms with Crippen LogP contribution >= 0.6 is 0 Å². The molecule has 0 saturated heterocycles. The normalized spacial score (nSPS) is 13.0. The highest BCUT2D eigenvalue weighted by Crippen LogP contribution is 2.08. The Hall–Kier alpha value is -2.54. The van der Waals surface area contributed by atoms with Crippen molar-refractivity contribution in [3.63, 3.8) is 0 Å². The van der Waals surface area contributed by atoms with Crippen molar-refractivity contribution in [1.29, 1.82) is 0 Å². The molecule has 1 aromatic carbocycles. The lowest BCUT2D eigenvalue weighted by Gasteiger charge is -2.15. The number of carbonyl (C=O) groups is 2. The van der Waals surface area contributed by atoms with Gasteiger partial charge in [0.25, 0.3) is 5.91 Å². The molecule has 120 valence electrons. The van der Waals surface area contributed by atoms with Crippen LogP contribution in [0.5, 0.6) is 0 Å². The van der Waals surface area contributed by atoms with E-state index < -0.39 is 28.7 Å². The number of rotatable bonds is 7. The molecule has 0 aliphatic heterocycles. The first-order valence-corrected chi connectivity index (χ1v) is 8.33. The summed E-state index contributed by atoms with van der Waals surface area (Å²) in [6.45, 7) is 0. The maximum atomic E-state index is 12.2. The second kappa shape index (κ2) is 8.19. The van der Waals surface area contributed by atoms with Gasteiger partial charge in [-0.2, -0.15) is 0 Å². The van der Waals surface area contributed by atoms with Crippen LogP contribution in [0, 0.1) is 0 Å². The Kier molecular flexibility index (Phi) is 5.99. The molecule has 2 aromatic rings. The molecule has 0 bridgehead atoms. The number of benzene rings is 1. The van der Waals surface area contributed by atoms with Crippen molar-refractivity contribution in [2.24, 2.45) is 5.73 Å². The van der Waals surface area contributed by atoms with Gasteiger partial charge >= 0.3 is 0 Å². The van der Waals surface area contributed by atoms with Crippen LogP contribution in [0.2, 0.25) is 0 Å². The zero-order chi connectivity index (χ0) is 16.7. The van der Waals surface area contributed by atoms with Gasteiger partial charge in [0.2, 0.25) is 5.91 Å². The first-order chi connectivity index (χ1) is 11.1. The third-order valence-corrected chi connectivity index (χ3v) is 4.57. The number of pyridine rings is 1. The molecule has 2 atom stereocenters. The van der Waals surface area contributed by atoms with Crippen molar-refractivity contribution in [2.75, 3.05) is 5.75 Å². The van der Waals surface area contributed by atoms with E-state index in [0.717, 1.165) is 0 Å². The Bertz CT molecular complexity index is 692. The van der Waals surface area contributed by atoms with E-state index >= 15 is 0 Å². The fraction of sp³-hybridized carbons (Fsp3) is 0.188. The molecule has 6 nitrogen and oxygen atoms in total. The van der Waals surface area contributed by atoms with Gasteiger partial charge in [-0.15, -0.1) is 0 Å². The van der Waals surface area contributed by atoms with Crippen molar-refractivity contribution in [2.45, 2.75) is 17.4 Å². The lowest BCUT2D eigenvalue weighted by Crippen LogP contribution is -2.45. The molecule has 3 N–H and O–H groups in total. The summed E-state index contributed by atoms with van der Waals surface area (Å²) in [7, 11) is -1.25. The predicted octanol–water partition coefficient (Wildman–Crippen LogP) is 0.863. The minimum absolute atomic E-state index is 0.197. The van der Waals surface area contributed by atoms with Crippen molar-refractivity contribution in [3.05, 3.63) is 60.4 Å². The van der Waals surface area contributed by atoms with E-state index in [4.69, 9.17) is 5.73 Å². The van der Waals surface area contributed by atoms with Crippen LogP contribution in [0.3, 0.4) is 0 Å². The molecular formula is C16H17N3O3S. The lowest BCUT2D eigenvalue weighted by molar-refractivity contribution is -0.119. The van der Waals surface area contributed by atoms with Gasteiger partial charge in [-0.25, -0.2) is 0 Å². The molecule has 0 saturated carbocycles. The maximum Gasteiger partial charge on any atom is 0.253 e. The Morgan fingerprint density at radius 3 is 2.52 bits per heavy atom. The highest BCUT2D eigenvalue weighted by molar-refractivity contribution is 7.85. The van der Waals surface area contributed by atoms with Crippen molar-refractivity contribution < 1.29 is 13.8 Å². The Morgan fingerprint density at radius 1 is 1.17 bits per heavy atom. The third kappa shape index (κ3) is 5.00. The smallest absolute Gasteiger partial charge is 0.253 e. The van der Waals surface area contributed by atoms with E-state index in [-0.39, 0.29) is 12.2 Å². The minimum Gasteiger partial charge on any atom is -0.368 e. The van der Waals surface area contributed by atoms with Crippen molar-refractivity contribution in [1.82, 2.24) is 10.3 Å². The molecule has 23 heavy (non-hydrogen) atoms. The van der Waals surface area contributed by atoms with Crippen LogP contribution in [0.25, 0.3) is 0 Å². The fourth-order valence-electron chi connectivity index (χ4n) is 1.94. The van der Waals surface area contributed by atoms with E-state index in [0.29, 0.717) is 10.5 Å². The summed E-state index contributed by atoms with van der Waals surface area (Å²) in [5, 5.41) is 2.55. The fourth-order valence-corrected chi connectivity index (χ4v) is 3.09.